The molecule has 0 N–H and O–H groups in total. The molecule has 4 rings (SSSR count). The Morgan fingerprint density at radius 3 is 2.15 bits per heavy atom. The van der Waals surface area contributed by atoms with Gasteiger partial charge in [0.15, 0.2) is 0 Å². The summed E-state index contributed by atoms with van der Waals surface area (Å²) in [5.74, 6) is 1.06. The standard InChI is InChI=1S/C24H31NS/c1-4-12-21(13-5-1)20-26-23-15-7-6-14-22(23)24(16-8-2-9-17-24)25-18-10-3-11-19-25/h1,4-7,12-15H,2-3,8-11,16-20H2. The molecule has 0 aromatic heterocycles. The first kappa shape index (κ1) is 18.1. The summed E-state index contributed by atoms with van der Waals surface area (Å²) in [6.07, 6.45) is 11.0. The molecule has 0 spiro atoms. The number of hydrogen-bond donors (Lipinski definition) is 0. The third-order valence-corrected chi connectivity index (χ3v) is 7.41. The molecule has 1 aliphatic heterocycles. The second-order valence-corrected chi connectivity index (χ2v) is 8.93. The van der Waals surface area contributed by atoms with E-state index in [2.05, 4.69) is 59.5 Å². The highest BCUT2D eigenvalue weighted by molar-refractivity contribution is 7.98. The molecule has 2 heteroatoms. The van der Waals surface area contributed by atoms with Gasteiger partial charge in [-0.2, -0.15) is 0 Å². The first-order valence-corrected chi connectivity index (χ1v) is 11.4. The van der Waals surface area contributed by atoms with Crippen molar-refractivity contribution in [2.24, 2.45) is 0 Å². The fourth-order valence-electron chi connectivity index (χ4n) is 4.93. The first-order chi connectivity index (χ1) is 12.9. The van der Waals surface area contributed by atoms with Crippen molar-refractivity contribution in [1.29, 1.82) is 0 Å². The molecule has 1 saturated heterocycles. The third-order valence-electron chi connectivity index (χ3n) is 6.27. The van der Waals surface area contributed by atoms with Crippen molar-refractivity contribution in [2.75, 3.05) is 13.1 Å². The lowest BCUT2D eigenvalue weighted by Crippen LogP contribution is -2.50. The molecule has 2 aliphatic rings. The molecule has 0 radical (unpaired) electrons. The first-order valence-electron chi connectivity index (χ1n) is 10.4. The van der Waals surface area contributed by atoms with E-state index in [-0.39, 0.29) is 0 Å². The fourth-order valence-corrected chi connectivity index (χ4v) is 6.03. The van der Waals surface area contributed by atoms with Crippen molar-refractivity contribution in [3.63, 3.8) is 0 Å². The van der Waals surface area contributed by atoms with Crippen LogP contribution in [0.25, 0.3) is 0 Å². The minimum Gasteiger partial charge on any atom is -0.294 e. The number of benzene rings is 2. The molecular weight excluding hydrogens is 334 g/mol. The van der Waals surface area contributed by atoms with E-state index < -0.39 is 0 Å². The van der Waals surface area contributed by atoms with Gasteiger partial charge in [-0.1, -0.05) is 74.2 Å². The normalized spacial score (nSPS) is 20.8. The number of thioether (sulfide) groups is 1. The van der Waals surface area contributed by atoms with Crippen molar-refractivity contribution in [3.8, 4) is 0 Å². The number of piperidine rings is 1. The van der Waals surface area contributed by atoms with Crippen molar-refractivity contribution >= 4 is 11.8 Å². The van der Waals surface area contributed by atoms with Gasteiger partial charge in [-0.05, 0) is 56.0 Å². The SMILES string of the molecule is c1ccc(CSc2ccccc2C2(N3CCCCC3)CCCCC2)cc1. The van der Waals surface area contributed by atoms with Gasteiger partial charge < -0.3 is 0 Å². The van der Waals surface area contributed by atoms with Gasteiger partial charge >= 0.3 is 0 Å². The molecular formula is C24H31NS. The van der Waals surface area contributed by atoms with E-state index in [0.717, 1.165) is 5.75 Å². The maximum atomic E-state index is 2.86. The predicted octanol–water partition coefficient (Wildman–Crippen LogP) is 6.62. The lowest BCUT2D eigenvalue weighted by atomic mass is 9.74. The highest BCUT2D eigenvalue weighted by atomic mass is 32.2. The Bertz CT molecular complexity index is 684. The molecule has 1 aliphatic carbocycles. The molecule has 1 nitrogen and oxygen atoms in total. The average Bonchev–Trinajstić information content (AvgIpc) is 2.74. The Hall–Kier alpha value is -1.25. The summed E-state index contributed by atoms with van der Waals surface area (Å²) >= 11 is 2.03. The van der Waals surface area contributed by atoms with Crippen molar-refractivity contribution in [2.45, 2.75) is 67.6 Å². The van der Waals surface area contributed by atoms with Crippen molar-refractivity contribution in [1.82, 2.24) is 4.90 Å². The summed E-state index contributed by atoms with van der Waals surface area (Å²) in [7, 11) is 0. The largest absolute Gasteiger partial charge is 0.294 e. The monoisotopic (exact) mass is 365 g/mol. The van der Waals surface area contributed by atoms with Crippen LogP contribution in [0.4, 0.5) is 0 Å². The molecule has 1 heterocycles. The van der Waals surface area contributed by atoms with Gasteiger partial charge in [-0.25, -0.2) is 0 Å². The van der Waals surface area contributed by atoms with Gasteiger partial charge in [0.2, 0.25) is 0 Å². The summed E-state index contributed by atoms with van der Waals surface area (Å²) in [5.41, 5.74) is 3.32. The van der Waals surface area contributed by atoms with Crippen LogP contribution in [0, 0.1) is 0 Å². The van der Waals surface area contributed by atoms with E-state index in [1.165, 1.54) is 74.9 Å². The molecule has 26 heavy (non-hydrogen) atoms. The zero-order chi connectivity index (χ0) is 17.7. The van der Waals surface area contributed by atoms with Crippen LogP contribution in [0.5, 0.6) is 0 Å². The quantitative estimate of drug-likeness (QED) is 0.547. The predicted molar refractivity (Wildman–Crippen MR) is 113 cm³/mol. The molecule has 2 fully saturated rings. The van der Waals surface area contributed by atoms with Crippen LogP contribution in [0.3, 0.4) is 0 Å². The maximum absolute atomic E-state index is 2.86. The van der Waals surface area contributed by atoms with Crippen LogP contribution in [0.2, 0.25) is 0 Å². The lowest BCUT2D eigenvalue weighted by molar-refractivity contribution is 0.0283. The Labute approximate surface area is 163 Å². The number of nitrogens with zero attached hydrogens (tertiary/aromatic N) is 1. The van der Waals surface area contributed by atoms with Gasteiger partial charge in [0.25, 0.3) is 0 Å². The summed E-state index contributed by atoms with van der Waals surface area (Å²) in [6, 6.07) is 20.2. The average molecular weight is 366 g/mol. The van der Waals surface area contributed by atoms with E-state index in [1.807, 2.05) is 11.8 Å². The van der Waals surface area contributed by atoms with Gasteiger partial charge in [0.05, 0.1) is 0 Å². The second-order valence-electron chi connectivity index (χ2n) is 7.91. The van der Waals surface area contributed by atoms with Gasteiger partial charge in [-0.15, -0.1) is 11.8 Å². The smallest absolute Gasteiger partial charge is 0.0471 e. The molecule has 2 aromatic carbocycles. The van der Waals surface area contributed by atoms with Crippen LogP contribution in [-0.2, 0) is 11.3 Å². The van der Waals surface area contributed by atoms with E-state index in [9.17, 15) is 0 Å². The highest BCUT2D eigenvalue weighted by Crippen LogP contribution is 2.46. The van der Waals surface area contributed by atoms with Gasteiger partial charge in [-0.3, -0.25) is 4.90 Å². The topological polar surface area (TPSA) is 3.24 Å². The Balaban J connectivity index is 1.63. The molecule has 0 bridgehead atoms. The number of likely N-dealkylation sites (tertiary alicyclic amines) is 1. The Morgan fingerprint density at radius 1 is 0.731 bits per heavy atom. The van der Waals surface area contributed by atoms with E-state index in [4.69, 9.17) is 0 Å². The highest BCUT2D eigenvalue weighted by Gasteiger charge is 2.41. The van der Waals surface area contributed by atoms with Crippen LogP contribution in [0.1, 0.15) is 62.5 Å². The van der Waals surface area contributed by atoms with E-state index >= 15 is 0 Å². The maximum Gasteiger partial charge on any atom is 0.0471 e. The summed E-state index contributed by atoms with van der Waals surface area (Å²) in [4.78, 5) is 4.36. The molecule has 1 saturated carbocycles. The van der Waals surface area contributed by atoms with E-state index in [1.54, 1.807) is 5.56 Å². The third kappa shape index (κ3) is 3.87. The Kier molecular flexibility index (Phi) is 6.01. The second kappa shape index (κ2) is 8.63. The summed E-state index contributed by atoms with van der Waals surface area (Å²) in [6.45, 7) is 2.58. The minimum atomic E-state index is 0.291. The van der Waals surface area contributed by atoms with E-state index in [0.29, 0.717) is 5.54 Å². The molecule has 0 unspecified atom stereocenters. The zero-order valence-corrected chi connectivity index (χ0v) is 16.6. The molecule has 0 atom stereocenters. The van der Waals surface area contributed by atoms with Crippen LogP contribution in [0.15, 0.2) is 59.5 Å². The molecule has 138 valence electrons. The Morgan fingerprint density at radius 2 is 1.38 bits per heavy atom. The van der Waals surface area contributed by atoms with Crippen LogP contribution < -0.4 is 0 Å². The van der Waals surface area contributed by atoms with Gasteiger partial charge in [0.1, 0.15) is 0 Å². The van der Waals surface area contributed by atoms with Crippen molar-refractivity contribution < 1.29 is 0 Å². The molecule has 0 amide bonds. The zero-order valence-electron chi connectivity index (χ0n) is 15.8. The summed E-state index contributed by atoms with van der Waals surface area (Å²) in [5, 5.41) is 0. The number of hydrogen-bond acceptors (Lipinski definition) is 2. The van der Waals surface area contributed by atoms with Crippen molar-refractivity contribution in [3.05, 3.63) is 65.7 Å². The van der Waals surface area contributed by atoms with Gasteiger partial charge in [0, 0.05) is 16.2 Å². The lowest BCUT2D eigenvalue weighted by Gasteiger charge is -2.49. The fraction of sp³-hybridized carbons (Fsp3) is 0.500. The minimum absolute atomic E-state index is 0.291. The molecule has 2 aromatic rings. The van der Waals surface area contributed by atoms with Crippen LogP contribution in [-0.4, -0.2) is 18.0 Å². The number of rotatable bonds is 5. The summed E-state index contributed by atoms with van der Waals surface area (Å²) < 4.78 is 0. The van der Waals surface area contributed by atoms with Crippen LogP contribution >= 0.6 is 11.8 Å².